The number of nitrogens with zero attached hydrogens (tertiary/aromatic N) is 1. The van der Waals surface area contributed by atoms with Gasteiger partial charge in [0.2, 0.25) is 0 Å². The van der Waals surface area contributed by atoms with Crippen LogP contribution in [0.4, 0.5) is 10.2 Å². The molecule has 0 atom stereocenters. The molecule has 20 heavy (non-hydrogen) atoms. The van der Waals surface area contributed by atoms with Crippen LogP contribution in [0.3, 0.4) is 0 Å². The number of aryl methyl sites for hydroxylation is 1. The maximum Gasteiger partial charge on any atom is 0.263 e. The van der Waals surface area contributed by atoms with Crippen LogP contribution in [-0.4, -0.2) is 17.5 Å². The van der Waals surface area contributed by atoms with Crippen LogP contribution in [0.2, 0.25) is 5.02 Å². The second kappa shape index (κ2) is 6.34. The monoisotopic (exact) mass is 294 g/mol. The van der Waals surface area contributed by atoms with Crippen LogP contribution >= 0.6 is 11.6 Å². The molecule has 1 amide bonds. The minimum Gasteiger partial charge on any atom is -0.482 e. The molecule has 0 aliphatic carbocycles. The minimum absolute atomic E-state index is 0.117. The Morgan fingerprint density at radius 3 is 2.95 bits per heavy atom. The molecule has 2 aromatic rings. The fraction of sp³-hybridized carbons (Fsp3) is 0.143. The van der Waals surface area contributed by atoms with E-state index in [1.54, 1.807) is 12.3 Å². The van der Waals surface area contributed by atoms with Crippen molar-refractivity contribution in [2.75, 3.05) is 11.9 Å². The number of carbonyl (C=O) groups is 1. The SMILES string of the molecule is Cc1cccnc1NC(=O)COc1ccc(F)cc1Cl. The largest absolute Gasteiger partial charge is 0.482 e. The van der Waals surface area contributed by atoms with E-state index >= 15 is 0 Å². The maximum atomic E-state index is 12.9. The van der Waals surface area contributed by atoms with Crippen LogP contribution < -0.4 is 10.1 Å². The van der Waals surface area contributed by atoms with Gasteiger partial charge in [0.05, 0.1) is 5.02 Å². The van der Waals surface area contributed by atoms with E-state index in [-0.39, 0.29) is 23.3 Å². The topological polar surface area (TPSA) is 51.2 Å². The highest BCUT2D eigenvalue weighted by Gasteiger charge is 2.08. The van der Waals surface area contributed by atoms with Crippen molar-refractivity contribution in [3.8, 4) is 5.75 Å². The molecule has 4 nitrogen and oxygen atoms in total. The fourth-order valence-electron chi connectivity index (χ4n) is 1.52. The van der Waals surface area contributed by atoms with Crippen molar-refractivity contribution < 1.29 is 13.9 Å². The van der Waals surface area contributed by atoms with Gasteiger partial charge in [-0.25, -0.2) is 9.37 Å². The Morgan fingerprint density at radius 1 is 1.45 bits per heavy atom. The van der Waals surface area contributed by atoms with Crippen molar-refractivity contribution in [1.29, 1.82) is 0 Å². The summed E-state index contributed by atoms with van der Waals surface area (Å²) in [5.74, 6) is -0.102. The first-order chi connectivity index (χ1) is 9.56. The van der Waals surface area contributed by atoms with Gasteiger partial charge in [0.1, 0.15) is 17.4 Å². The van der Waals surface area contributed by atoms with E-state index in [1.807, 2.05) is 13.0 Å². The Hall–Kier alpha value is -2.14. The molecule has 0 radical (unpaired) electrons. The van der Waals surface area contributed by atoms with Crippen LogP contribution in [0.15, 0.2) is 36.5 Å². The number of aromatic nitrogens is 1. The summed E-state index contributed by atoms with van der Waals surface area (Å²) < 4.78 is 18.1. The summed E-state index contributed by atoms with van der Waals surface area (Å²) in [5.41, 5.74) is 0.848. The lowest BCUT2D eigenvalue weighted by molar-refractivity contribution is -0.118. The number of hydrogen-bond donors (Lipinski definition) is 1. The molecule has 6 heteroatoms. The number of rotatable bonds is 4. The molecule has 0 saturated heterocycles. The van der Waals surface area contributed by atoms with Crippen LogP contribution in [0, 0.1) is 12.7 Å². The predicted molar refractivity (Wildman–Crippen MR) is 74.5 cm³/mol. The van der Waals surface area contributed by atoms with Gasteiger partial charge in [-0.1, -0.05) is 17.7 Å². The Kier molecular flexibility index (Phi) is 4.53. The molecule has 0 saturated carbocycles. The minimum atomic E-state index is -0.462. The van der Waals surface area contributed by atoms with E-state index in [2.05, 4.69) is 10.3 Å². The average Bonchev–Trinajstić information content (AvgIpc) is 2.40. The summed E-state index contributed by atoms with van der Waals surface area (Å²) >= 11 is 5.79. The summed E-state index contributed by atoms with van der Waals surface area (Å²) in [4.78, 5) is 15.8. The van der Waals surface area contributed by atoms with Gasteiger partial charge in [-0.2, -0.15) is 0 Å². The third kappa shape index (κ3) is 3.68. The number of anilines is 1. The molecule has 104 valence electrons. The van der Waals surface area contributed by atoms with Crippen molar-refractivity contribution in [3.05, 3.63) is 52.9 Å². The molecule has 1 heterocycles. The van der Waals surface area contributed by atoms with Gasteiger partial charge in [-0.05, 0) is 36.8 Å². The second-order valence-corrected chi connectivity index (χ2v) is 4.49. The van der Waals surface area contributed by atoms with E-state index in [4.69, 9.17) is 16.3 Å². The van der Waals surface area contributed by atoms with Gasteiger partial charge >= 0.3 is 0 Å². The third-order valence-corrected chi connectivity index (χ3v) is 2.82. The zero-order valence-corrected chi connectivity index (χ0v) is 11.4. The van der Waals surface area contributed by atoms with Crippen molar-refractivity contribution in [2.45, 2.75) is 6.92 Å². The first-order valence-electron chi connectivity index (χ1n) is 5.85. The summed E-state index contributed by atoms with van der Waals surface area (Å²) in [6, 6.07) is 7.32. The molecule has 1 aromatic heterocycles. The zero-order valence-electron chi connectivity index (χ0n) is 10.7. The summed E-state index contributed by atoms with van der Waals surface area (Å²) in [6.07, 6.45) is 1.58. The molecular weight excluding hydrogens is 283 g/mol. The number of carbonyl (C=O) groups excluding carboxylic acids is 1. The Labute approximate surface area is 120 Å². The number of benzene rings is 1. The number of ether oxygens (including phenoxy) is 1. The predicted octanol–water partition coefficient (Wildman–Crippen LogP) is 3.20. The molecule has 2 rings (SSSR count). The van der Waals surface area contributed by atoms with E-state index < -0.39 is 5.82 Å². The van der Waals surface area contributed by atoms with Crippen molar-refractivity contribution >= 4 is 23.3 Å². The van der Waals surface area contributed by atoms with Gasteiger partial charge in [-0.3, -0.25) is 4.79 Å². The van der Waals surface area contributed by atoms with Crippen LogP contribution in [0.25, 0.3) is 0 Å². The second-order valence-electron chi connectivity index (χ2n) is 4.08. The third-order valence-electron chi connectivity index (χ3n) is 2.52. The lowest BCUT2D eigenvalue weighted by Gasteiger charge is -2.09. The zero-order chi connectivity index (χ0) is 14.5. The van der Waals surface area contributed by atoms with E-state index in [0.717, 1.165) is 11.6 Å². The van der Waals surface area contributed by atoms with E-state index in [0.29, 0.717) is 5.82 Å². The highest BCUT2D eigenvalue weighted by Crippen LogP contribution is 2.24. The molecule has 0 aliphatic heterocycles. The van der Waals surface area contributed by atoms with Crippen LogP contribution in [0.5, 0.6) is 5.75 Å². The highest BCUT2D eigenvalue weighted by atomic mass is 35.5. The van der Waals surface area contributed by atoms with Crippen LogP contribution in [-0.2, 0) is 4.79 Å². The standard InChI is InChI=1S/C14H12ClFN2O2/c1-9-3-2-6-17-14(9)18-13(19)8-20-12-5-4-10(16)7-11(12)15/h2-7H,8H2,1H3,(H,17,18,19). The van der Waals surface area contributed by atoms with Gasteiger partial charge < -0.3 is 10.1 Å². The van der Waals surface area contributed by atoms with Crippen molar-refractivity contribution in [3.63, 3.8) is 0 Å². The molecule has 0 bridgehead atoms. The Balaban J connectivity index is 1.94. The fourth-order valence-corrected chi connectivity index (χ4v) is 1.74. The highest BCUT2D eigenvalue weighted by molar-refractivity contribution is 6.32. The normalized spacial score (nSPS) is 10.2. The molecule has 1 aromatic carbocycles. The average molecular weight is 295 g/mol. The van der Waals surface area contributed by atoms with Crippen molar-refractivity contribution in [2.24, 2.45) is 0 Å². The van der Waals surface area contributed by atoms with Gasteiger partial charge in [0.15, 0.2) is 6.61 Å². The van der Waals surface area contributed by atoms with E-state index in [1.165, 1.54) is 12.1 Å². The summed E-state index contributed by atoms with van der Waals surface area (Å²) in [5, 5.41) is 2.74. The summed E-state index contributed by atoms with van der Waals surface area (Å²) in [7, 11) is 0. The lowest BCUT2D eigenvalue weighted by atomic mass is 10.3. The number of nitrogens with one attached hydrogen (secondary N) is 1. The Bertz CT molecular complexity index is 634. The maximum absolute atomic E-state index is 12.9. The number of hydrogen-bond acceptors (Lipinski definition) is 3. The van der Waals surface area contributed by atoms with Gasteiger partial charge in [0, 0.05) is 6.20 Å². The smallest absolute Gasteiger partial charge is 0.263 e. The van der Waals surface area contributed by atoms with E-state index in [9.17, 15) is 9.18 Å². The molecule has 0 unspecified atom stereocenters. The molecular formula is C14H12ClFN2O2. The van der Waals surface area contributed by atoms with Crippen LogP contribution in [0.1, 0.15) is 5.56 Å². The molecule has 0 aliphatic rings. The first kappa shape index (κ1) is 14.3. The summed E-state index contributed by atoms with van der Waals surface area (Å²) in [6.45, 7) is 1.60. The Morgan fingerprint density at radius 2 is 2.25 bits per heavy atom. The number of amides is 1. The van der Waals surface area contributed by atoms with Crippen molar-refractivity contribution in [1.82, 2.24) is 4.98 Å². The lowest BCUT2D eigenvalue weighted by Crippen LogP contribution is -2.21. The number of halogens is 2. The van der Waals surface area contributed by atoms with Gasteiger partial charge in [-0.15, -0.1) is 0 Å². The van der Waals surface area contributed by atoms with Gasteiger partial charge in [0.25, 0.3) is 5.91 Å². The molecule has 0 spiro atoms. The molecule has 0 fully saturated rings. The molecule has 1 N–H and O–H groups in total. The quantitative estimate of drug-likeness (QED) is 0.942. The number of pyridine rings is 1. The first-order valence-corrected chi connectivity index (χ1v) is 6.23.